The van der Waals surface area contributed by atoms with Gasteiger partial charge in [0.05, 0.1) is 12.7 Å². The van der Waals surface area contributed by atoms with Gasteiger partial charge in [-0.3, -0.25) is 18.4 Å². The van der Waals surface area contributed by atoms with Crippen LogP contribution in [0.3, 0.4) is 0 Å². The molecule has 0 amide bonds. The molecule has 0 fully saturated rings. The Morgan fingerprint density at radius 3 is 1.22 bits per heavy atom. The Kier molecular flexibility index (Phi) is 11.1. The van der Waals surface area contributed by atoms with Gasteiger partial charge in [-0.05, 0) is 17.7 Å². The molecule has 2 aliphatic heterocycles. The molecule has 0 spiro atoms. The first-order valence-electron chi connectivity index (χ1n) is 21.7. The Bertz CT molecular complexity index is 3520. The second kappa shape index (κ2) is 18.2. The van der Waals surface area contributed by atoms with Crippen molar-refractivity contribution < 1.29 is 17.9 Å². The molecule has 2 N–H and O–H groups in total. The number of benzene rings is 4. The van der Waals surface area contributed by atoms with E-state index in [1.54, 1.807) is 50.1 Å². The van der Waals surface area contributed by atoms with Gasteiger partial charge in [-0.15, -0.1) is 0 Å². The maximum atomic E-state index is 8.97. The third-order valence-electron chi connectivity index (χ3n) is 11.9. The summed E-state index contributed by atoms with van der Waals surface area (Å²) in [6, 6.07) is 37.5. The Morgan fingerprint density at radius 2 is 0.838 bits per heavy atom. The summed E-state index contributed by atoms with van der Waals surface area (Å²) in [5, 5.41) is 0. The van der Waals surface area contributed by atoms with Gasteiger partial charge >= 0.3 is 276 Å². The number of aromatic amines is 1. The summed E-state index contributed by atoms with van der Waals surface area (Å²) >= 11 is 0.924. The van der Waals surface area contributed by atoms with E-state index in [9.17, 15) is 0 Å². The van der Waals surface area contributed by atoms with Crippen LogP contribution in [0.4, 0.5) is 0 Å². The van der Waals surface area contributed by atoms with Crippen LogP contribution in [0, 0.1) is 6.58 Å². The average molecular weight is 932 g/mol. The number of aliphatic imine (C=N–C) groups is 2. The third-order valence-corrected chi connectivity index (χ3v) is 13.5. The molecular formula is C55H38N12Zn-2. The Labute approximate surface area is 401 Å². The molecule has 0 radical (unpaired) electrons. The van der Waals surface area contributed by atoms with Crippen molar-refractivity contribution in [2.24, 2.45) is 9.98 Å². The summed E-state index contributed by atoms with van der Waals surface area (Å²) in [6.07, 6.45) is 31.4. The summed E-state index contributed by atoms with van der Waals surface area (Å²) in [7, 11) is 0. The van der Waals surface area contributed by atoms with Crippen molar-refractivity contribution >= 4 is 32.2 Å². The normalized spacial score (nSPS) is 15.0. The number of hydrogen-bond acceptors (Lipinski definition) is 6. The zero-order chi connectivity index (χ0) is 46.0. The van der Waals surface area contributed by atoms with Gasteiger partial charge < -0.3 is 14.9 Å². The smallest absolute Gasteiger partial charge is 0.306 e. The molecule has 9 aromatic rings. The molecule has 13 heteroatoms. The number of nitrogens with zero attached hydrogens (tertiary/aromatic N) is 10. The molecule has 0 unspecified atom stereocenters. The van der Waals surface area contributed by atoms with Crippen LogP contribution in [0.2, 0.25) is 0 Å². The Morgan fingerprint density at radius 1 is 0.471 bits per heavy atom. The molecule has 7 heterocycles. The van der Waals surface area contributed by atoms with Crippen LogP contribution >= 0.6 is 0 Å². The summed E-state index contributed by atoms with van der Waals surface area (Å²) in [4.78, 5) is 31.3. The first-order chi connectivity index (χ1) is 33.5. The van der Waals surface area contributed by atoms with Gasteiger partial charge in [-0.2, -0.15) is 0 Å². The van der Waals surface area contributed by atoms with Gasteiger partial charge in [-0.25, -0.2) is 9.97 Å². The summed E-state index contributed by atoms with van der Waals surface area (Å²) < 4.78 is 9.08. The first-order valence-corrected chi connectivity index (χ1v) is 23.2. The fourth-order valence-electron chi connectivity index (χ4n) is 8.44. The summed E-state index contributed by atoms with van der Waals surface area (Å²) in [6.45, 7) is 6.05. The molecule has 0 saturated heterocycles. The van der Waals surface area contributed by atoms with Gasteiger partial charge in [0.25, 0.3) is 0 Å². The molecule has 322 valence electrons. The van der Waals surface area contributed by atoms with Crippen molar-refractivity contribution in [3.05, 3.63) is 278 Å². The van der Waals surface area contributed by atoms with Crippen molar-refractivity contribution in [1.82, 2.24) is 43.2 Å². The molecule has 0 saturated carbocycles. The first kappa shape index (κ1) is 41.8. The predicted octanol–water partition coefficient (Wildman–Crippen LogP) is 10.5. The summed E-state index contributed by atoms with van der Waals surface area (Å²) in [5.41, 5.74) is 24.4. The molecule has 2 aliphatic rings. The van der Waals surface area contributed by atoms with E-state index in [2.05, 4.69) is 122 Å². The van der Waals surface area contributed by atoms with Crippen molar-refractivity contribution in [3.63, 3.8) is 0 Å². The average Bonchev–Trinajstić information content (AvgIpc) is 4.23. The van der Waals surface area contributed by atoms with Gasteiger partial charge in [0.1, 0.15) is 0 Å². The Balaban J connectivity index is 1.01. The van der Waals surface area contributed by atoms with E-state index in [1.165, 1.54) is 10.2 Å². The third kappa shape index (κ3) is 8.18. The van der Waals surface area contributed by atoms with Gasteiger partial charge in [-0.1, -0.05) is 17.7 Å². The molecule has 0 atom stereocenters. The number of nitrogens with one attached hydrogen (secondary N) is 2. The van der Waals surface area contributed by atoms with Crippen LogP contribution < -0.4 is 0 Å². The second-order valence-electron chi connectivity index (χ2n) is 16.0. The zero-order valence-electron chi connectivity index (χ0n) is 36.5. The molecule has 4 aromatic carbocycles. The Hall–Kier alpha value is -8.93. The number of H-pyrrole nitrogens is 1. The SMILES string of the molecule is [CH-]=C/C([NH-])=C(C1=N/C(=C(/c2ccc(-n3ccnc3)cc2)c2ccc(/C(=C3/C=CC([C](=[Zn])c4ccc(-n5ccnc5)cc4)=N3)c3ccc(-n4ccnc4)cc3)[nH]2)C=C1)\c1ccc(-n2ccnc2)cc1. The van der Waals surface area contributed by atoms with Gasteiger partial charge in [0.15, 0.2) is 0 Å². The molecule has 11 rings (SSSR count). The van der Waals surface area contributed by atoms with Crippen LogP contribution in [0.25, 0.3) is 45.2 Å². The molecule has 0 bridgehead atoms. The fourth-order valence-corrected chi connectivity index (χ4v) is 9.34. The van der Waals surface area contributed by atoms with Crippen molar-refractivity contribution in [3.8, 4) is 22.7 Å². The van der Waals surface area contributed by atoms with Crippen LogP contribution in [0.1, 0.15) is 33.6 Å². The van der Waals surface area contributed by atoms with E-state index in [0.717, 1.165) is 102 Å². The van der Waals surface area contributed by atoms with Crippen LogP contribution in [-0.2, 0) is 17.9 Å². The van der Waals surface area contributed by atoms with E-state index in [0.29, 0.717) is 11.3 Å². The second-order valence-corrected chi connectivity index (χ2v) is 17.5. The number of imidazole rings is 4. The van der Waals surface area contributed by atoms with E-state index in [1.807, 2.05) is 79.5 Å². The number of rotatable bonds is 13. The van der Waals surface area contributed by atoms with Crippen LogP contribution in [0.15, 0.2) is 242 Å². The van der Waals surface area contributed by atoms with Gasteiger partial charge in [0, 0.05) is 36.2 Å². The van der Waals surface area contributed by atoms with E-state index < -0.39 is 0 Å². The van der Waals surface area contributed by atoms with Crippen molar-refractivity contribution in [1.29, 1.82) is 0 Å². The van der Waals surface area contributed by atoms with Crippen molar-refractivity contribution in [2.75, 3.05) is 0 Å². The van der Waals surface area contributed by atoms with E-state index in [4.69, 9.17) is 22.3 Å². The molecule has 5 aromatic heterocycles. The van der Waals surface area contributed by atoms with E-state index in [-0.39, 0.29) is 5.70 Å². The topological polar surface area (TPSA) is 136 Å². The standard InChI is InChI=1S/C55H38N12.Zn/c1-2-47(56)53(39-5-14-44(15-6-39)65-30-26-58-35-65)48-21-22-51(62-48)55(41-9-18-46(19-10-41)67-32-28-60-37-67)52-24-23-50(63-52)54(40-7-16-45(17-8-40)66-31-27-59-36-66)49-20-11-42(61-49)33-38-3-12-43(13-4-38)64-29-25-57-34-64;/h1-32,34-37,56,63H;/q-2;/b53-47-,54-49-,55-51-;. The number of hydrogen-bond donors (Lipinski definition) is 1. The molecule has 12 nitrogen and oxygen atoms in total. The minimum atomic E-state index is 0.166. The minimum absolute atomic E-state index is 0.166. The minimum Gasteiger partial charge on any atom is -0.306 e. The van der Waals surface area contributed by atoms with Gasteiger partial charge in [0.2, 0.25) is 0 Å². The zero-order valence-corrected chi connectivity index (χ0v) is 39.4. The maximum absolute atomic E-state index is 8.97. The summed E-state index contributed by atoms with van der Waals surface area (Å²) in [5.74, 6) is 0. The molecular weight excluding hydrogens is 894 g/mol. The van der Waals surface area contributed by atoms with E-state index >= 15 is 0 Å². The molecule has 0 aliphatic carbocycles. The molecule has 68 heavy (non-hydrogen) atoms. The quantitative estimate of drug-likeness (QED) is 0.0699. The fraction of sp³-hybridized carbons (Fsp3) is 0. The number of allylic oxidation sites excluding steroid dienone is 6. The predicted molar refractivity (Wildman–Crippen MR) is 264 cm³/mol. The monoisotopic (exact) mass is 930 g/mol. The van der Waals surface area contributed by atoms with Crippen LogP contribution in [-0.4, -0.2) is 58.7 Å². The number of aromatic nitrogens is 9. The van der Waals surface area contributed by atoms with Crippen LogP contribution in [0.5, 0.6) is 0 Å². The van der Waals surface area contributed by atoms with Crippen molar-refractivity contribution in [2.45, 2.75) is 0 Å².